The lowest BCUT2D eigenvalue weighted by Crippen LogP contribution is -1.95. The van der Waals surface area contributed by atoms with Gasteiger partial charge in [0.2, 0.25) is 0 Å². The van der Waals surface area contributed by atoms with Crippen LogP contribution in [0.3, 0.4) is 0 Å². The summed E-state index contributed by atoms with van der Waals surface area (Å²) in [6.07, 6.45) is 3.42. The second-order valence-electron chi connectivity index (χ2n) is 3.48. The molecule has 3 heteroatoms. The molecule has 1 N–H and O–H groups in total. The molecule has 3 nitrogen and oxygen atoms in total. The third kappa shape index (κ3) is 3.77. The van der Waals surface area contributed by atoms with Crippen LogP contribution in [0.4, 0.5) is 0 Å². The summed E-state index contributed by atoms with van der Waals surface area (Å²) in [7, 11) is 0. The zero-order valence-electron chi connectivity index (χ0n) is 9.56. The molecule has 0 fully saturated rings. The molecule has 0 aliphatic carbocycles. The molecule has 86 valence electrons. The summed E-state index contributed by atoms with van der Waals surface area (Å²) in [6.45, 7) is 4.58. The maximum Gasteiger partial charge on any atom is 0.327 e. The number of hydrogen-bond donors (Lipinski definition) is 1. The molecule has 1 aromatic rings. The molecule has 16 heavy (non-hydrogen) atoms. The van der Waals surface area contributed by atoms with E-state index in [0.717, 1.165) is 23.0 Å². The zero-order chi connectivity index (χ0) is 12.0. The van der Waals surface area contributed by atoms with Crippen molar-refractivity contribution in [2.45, 2.75) is 20.3 Å². The first-order chi connectivity index (χ1) is 7.63. The van der Waals surface area contributed by atoms with Crippen molar-refractivity contribution < 1.29 is 14.6 Å². The Bertz CT molecular complexity index is 394. The monoisotopic (exact) mass is 220 g/mol. The fourth-order valence-electron chi connectivity index (χ4n) is 1.45. The van der Waals surface area contributed by atoms with Crippen LogP contribution in [0.25, 0.3) is 0 Å². The Morgan fingerprint density at radius 3 is 2.81 bits per heavy atom. The summed E-state index contributed by atoms with van der Waals surface area (Å²) in [6, 6.07) is 5.88. The van der Waals surface area contributed by atoms with Crippen molar-refractivity contribution in [2.75, 3.05) is 6.61 Å². The Kier molecular flexibility index (Phi) is 4.58. The van der Waals surface area contributed by atoms with Crippen LogP contribution in [0.15, 0.2) is 30.4 Å². The lowest BCUT2D eigenvalue weighted by molar-refractivity contribution is -0.131. The zero-order valence-corrected chi connectivity index (χ0v) is 9.56. The average molecular weight is 220 g/mol. The van der Waals surface area contributed by atoms with Gasteiger partial charge < -0.3 is 9.84 Å². The molecule has 1 rings (SSSR count). The van der Waals surface area contributed by atoms with E-state index in [4.69, 9.17) is 9.84 Å². The Morgan fingerprint density at radius 1 is 1.50 bits per heavy atom. The lowest BCUT2D eigenvalue weighted by atomic mass is 10.1. The molecule has 0 radical (unpaired) electrons. The Balaban J connectivity index is 2.69. The molecule has 0 spiro atoms. The highest BCUT2D eigenvalue weighted by molar-refractivity contribution is 5.79. The number of carboxylic acid groups (broad SMARTS) is 1. The van der Waals surface area contributed by atoms with Crippen LogP contribution in [0.2, 0.25) is 0 Å². The molecule has 0 saturated carbocycles. The SMILES string of the molecule is CCOc1ccc(C/C=C/C(=O)O)cc1C. The van der Waals surface area contributed by atoms with E-state index in [9.17, 15) is 4.79 Å². The average Bonchev–Trinajstić information content (AvgIpc) is 2.21. The van der Waals surface area contributed by atoms with E-state index in [-0.39, 0.29) is 0 Å². The number of aryl methyl sites for hydroxylation is 1. The van der Waals surface area contributed by atoms with Gasteiger partial charge in [-0.15, -0.1) is 0 Å². The molecule has 0 aliphatic rings. The van der Waals surface area contributed by atoms with Gasteiger partial charge in [0, 0.05) is 6.08 Å². The quantitative estimate of drug-likeness (QED) is 0.776. The second kappa shape index (κ2) is 5.95. The van der Waals surface area contributed by atoms with Gasteiger partial charge in [0.05, 0.1) is 6.61 Å². The first-order valence-corrected chi connectivity index (χ1v) is 5.25. The first kappa shape index (κ1) is 12.3. The van der Waals surface area contributed by atoms with Gasteiger partial charge in [0.25, 0.3) is 0 Å². The number of aliphatic carboxylic acids is 1. The fraction of sp³-hybridized carbons (Fsp3) is 0.308. The van der Waals surface area contributed by atoms with Gasteiger partial charge in [-0.05, 0) is 37.5 Å². The van der Waals surface area contributed by atoms with Gasteiger partial charge in [0.1, 0.15) is 5.75 Å². The molecular weight excluding hydrogens is 204 g/mol. The standard InChI is InChI=1S/C13H16O3/c1-3-16-12-8-7-11(9-10(12)2)5-4-6-13(14)15/h4,6-9H,3,5H2,1-2H3,(H,14,15)/b6-4+. The maximum absolute atomic E-state index is 10.3. The molecule has 0 amide bonds. The molecular formula is C13H16O3. The van der Waals surface area contributed by atoms with Crippen molar-refractivity contribution in [3.8, 4) is 5.75 Å². The number of rotatable bonds is 5. The van der Waals surface area contributed by atoms with Gasteiger partial charge in [0.15, 0.2) is 0 Å². The van der Waals surface area contributed by atoms with Crippen LogP contribution in [0, 0.1) is 6.92 Å². The summed E-state index contributed by atoms with van der Waals surface area (Å²) < 4.78 is 5.42. The summed E-state index contributed by atoms with van der Waals surface area (Å²) in [4.78, 5) is 10.3. The minimum absolute atomic E-state index is 0.625. The van der Waals surface area contributed by atoms with E-state index in [2.05, 4.69) is 0 Å². The number of allylic oxidation sites excluding steroid dienone is 1. The summed E-state index contributed by atoms with van der Waals surface area (Å²) >= 11 is 0. The predicted molar refractivity (Wildman–Crippen MR) is 62.8 cm³/mol. The number of hydrogen-bond acceptors (Lipinski definition) is 2. The van der Waals surface area contributed by atoms with E-state index in [1.54, 1.807) is 6.08 Å². The van der Waals surface area contributed by atoms with E-state index >= 15 is 0 Å². The molecule has 0 bridgehead atoms. The largest absolute Gasteiger partial charge is 0.494 e. The van der Waals surface area contributed by atoms with Crippen LogP contribution in [0.1, 0.15) is 18.1 Å². The number of carbonyl (C=O) groups is 1. The van der Waals surface area contributed by atoms with Gasteiger partial charge in [-0.3, -0.25) is 0 Å². The highest BCUT2D eigenvalue weighted by atomic mass is 16.5. The highest BCUT2D eigenvalue weighted by Gasteiger charge is 1.99. The van der Waals surface area contributed by atoms with Gasteiger partial charge in [-0.2, -0.15) is 0 Å². The molecule has 0 unspecified atom stereocenters. The fourth-order valence-corrected chi connectivity index (χ4v) is 1.45. The third-order valence-corrected chi connectivity index (χ3v) is 2.15. The molecule has 1 aromatic carbocycles. The second-order valence-corrected chi connectivity index (χ2v) is 3.48. The van der Waals surface area contributed by atoms with E-state index in [1.165, 1.54) is 0 Å². The number of ether oxygens (including phenoxy) is 1. The van der Waals surface area contributed by atoms with Crippen molar-refractivity contribution >= 4 is 5.97 Å². The maximum atomic E-state index is 10.3. The smallest absolute Gasteiger partial charge is 0.327 e. The normalized spacial score (nSPS) is 10.6. The number of benzene rings is 1. The summed E-state index contributed by atoms with van der Waals surface area (Å²) in [5.74, 6) is -0.0314. The van der Waals surface area contributed by atoms with Crippen LogP contribution >= 0.6 is 0 Å². The summed E-state index contributed by atoms with van der Waals surface area (Å²) in [5.41, 5.74) is 2.15. The molecule has 0 heterocycles. The predicted octanol–water partition coefficient (Wildman–Crippen LogP) is 2.58. The van der Waals surface area contributed by atoms with E-state index < -0.39 is 5.97 Å². The Morgan fingerprint density at radius 2 is 2.25 bits per heavy atom. The van der Waals surface area contributed by atoms with Crippen molar-refractivity contribution in [2.24, 2.45) is 0 Å². The highest BCUT2D eigenvalue weighted by Crippen LogP contribution is 2.19. The number of carboxylic acids is 1. The van der Waals surface area contributed by atoms with Crippen LogP contribution in [0.5, 0.6) is 5.75 Å². The van der Waals surface area contributed by atoms with Crippen molar-refractivity contribution in [1.29, 1.82) is 0 Å². The van der Waals surface area contributed by atoms with Crippen LogP contribution in [-0.2, 0) is 11.2 Å². The van der Waals surface area contributed by atoms with E-state index in [1.807, 2.05) is 32.0 Å². The van der Waals surface area contributed by atoms with Gasteiger partial charge in [-0.25, -0.2) is 4.79 Å². The first-order valence-electron chi connectivity index (χ1n) is 5.25. The van der Waals surface area contributed by atoms with Crippen LogP contribution < -0.4 is 4.74 Å². The minimum Gasteiger partial charge on any atom is -0.494 e. The minimum atomic E-state index is -0.914. The van der Waals surface area contributed by atoms with Crippen molar-refractivity contribution in [1.82, 2.24) is 0 Å². The van der Waals surface area contributed by atoms with Gasteiger partial charge in [-0.1, -0.05) is 18.2 Å². The molecule has 0 saturated heterocycles. The molecule has 0 aromatic heterocycles. The molecule has 0 aliphatic heterocycles. The Hall–Kier alpha value is -1.77. The van der Waals surface area contributed by atoms with E-state index in [0.29, 0.717) is 13.0 Å². The Labute approximate surface area is 95.4 Å². The van der Waals surface area contributed by atoms with Gasteiger partial charge >= 0.3 is 5.97 Å². The lowest BCUT2D eigenvalue weighted by Gasteiger charge is -2.07. The summed E-state index contributed by atoms with van der Waals surface area (Å²) in [5, 5.41) is 8.45. The van der Waals surface area contributed by atoms with Crippen molar-refractivity contribution in [3.05, 3.63) is 41.5 Å². The third-order valence-electron chi connectivity index (χ3n) is 2.15. The van der Waals surface area contributed by atoms with Crippen molar-refractivity contribution in [3.63, 3.8) is 0 Å². The topological polar surface area (TPSA) is 46.5 Å². The molecule has 0 atom stereocenters. The van der Waals surface area contributed by atoms with Crippen LogP contribution in [-0.4, -0.2) is 17.7 Å².